The van der Waals surface area contributed by atoms with Crippen LogP contribution in [0.3, 0.4) is 0 Å². The second kappa shape index (κ2) is 6.13. The average molecular weight is 339 g/mol. The molecular formula is C13H15BrN4O2. The predicted octanol–water partition coefficient (Wildman–Crippen LogP) is 3.17. The largest absolute Gasteiger partial charge is 0.359 e. The molecule has 6 nitrogen and oxygen atoms in total. The monoisotopic (exact) mass is 338 g/mol. The van der Waals surface area contributed by atoms with E-state index in [0.29, 0.717) is 21.9 Å². The van der Waals surface area contributed by atoms with E-state index < -0.39 is 0 Å². The van der Waals surface area contributed by atoms with Gasteiger partial charge in [-0.05, 0) is 15.9 Å². The lowest BCUT2D eigenvalue weighted by Crippen LogP contribution is -2.16. The molecule has 7 heteroatoms. The molecule has 2 aromatic rings. The van der Waals surface area contributed by atoms with Crippen LogP contribution in [-0.4, -0.2) is 21.0 Å². The summed E-state index contributed by atoms with van der Waals surface area (Å²) < 4.78 is 5.57. The molecule has 0 spiro atoms. The summed E-state index contributed by atoms with van der Waals surface area (Å²) in [5, 5.41) is 6.43. The van der Waals surface area contributed by atoms with Gasteiger partial charge in [0.25, 0.3) is 5.91 Å². The molecule has 0 radical (unpaired) electrons. The van der Waals surface area contributed by atoms with Crippen molar-refractivity contribution in [3.63, 3.8) is 0 Å². The summed E-state index contributed by atoms with van der Waals surface area (Å²) in [5.41, 5.74) is 0.282. The van der Waals surface area contributed by atoms with Crippen LogP contribution in [0.1, 0.15) is 48.8 Å². The molecule has 0 fully saturated rings. The van der Waals surface area contributed by atoms with Crippen LogP contribution >= 0.6 is 15.9 Å². The normalized spacial score (nSPS) is 10.8. The van der Waals surface area contributed by atoms with Crippen molar-refractivity contribution in [3.05, 3.63) is 34.0 Å². The van der Waals surface area contributed by atoms with Gasteiger partial charge < -0.3 is 9.84 Å². The van der Waals surface area contributed by atoms with Crippen LogP contribution in [0.25, 0.3) is 0 Å². The minimum Gasteiger partial charge on any atom is -0.359 e. The number of anilines is 1. The standard InChI is InChI=1S/C13H15BrN4O2/c1-4-8-5-10(18-20-8)16-13(19)11-9(14)6-15-12(17-11)7(2)3/h5-7H,4H2,1-3H3,(H,16,18,19). The number of aromatic nitrogens is 3. The zero-order chi connectivity index (χ0) is 14.7. The fraction of sp³-hybridized carbons (Fsp3) is 0.385. The van der Waals surface area contributed by atoms with E-state index in [1.54, 1.807) is 12.3 Å². The first kappa shape index (κ1) is 14.6. The minimum atomic E-state index is -0.350. The molecule has 106 valence electrons. The number of halogens is 1. The molecule has 0 aliphatic heterocycles. The Morgan fingerprint density at radius 1 is 1.50 bits per heavy atom. The molecule has 1 N–H and O–H groups in total. The number of hydrogen-bond donors (Lipinski definition) is 1. The lowest BCUT2D eigenvalue weighted by molar-refractivity contribution is 0.102. The fourth-order valence-corrected chi connectivity index (χ4v) is 1.90. The van der Waals surface area contributed by atoms with Gasteiger partial charge in [-0.2, -0.15) is 0 Å². The molecular weight excluding hydrogens is 324 g/mol. The number of nitrogens with one attached hydrogen (secondary N) is 1. The maximum atomic E-state index is 12.2. The third-order valence-electron chi connectivity index (χ3n) is 2.64. The molecule has 2 rings (SSSR count). The van der Waals surface area contributed by atoms with Crippen LogP contribution in [0, 0.1) is 0 Å². The number of rotatable bonds is 4. The highest BCUT2D eigenvalue weighted by atomic mass is 79.9. The third kappa shape index (κ3) is 3.22. The van der Waals surface area contributed by atoms with Gasteiger partial charge in [-0.3, -0.25) is 4.79 Å². The molecule has 20 heavy (non-hydrogen) atoms. The molecule has 0 saturated heterocycles. The topological polar surface area (TPSA) is 80.9 Å². The first-order chi connectivity index (χ1) is 9.51. The molecule has 0 aliphatic carbocycles. The van der Waals surface area contributed by atoms with Gasteiger partial charge in [0.05, 0.1) is 4.47 Å². The first-order valence-corrected chi connectivity index (χ1v) is 7.10. The van der Waals surface area contributed by atoms with Crippen LogP contribution in [0.15, 0.2) is 21.3 Å². The van der Waals surface area contributed by atoms with Gasteiger partial charge in [0.15, 0.2) is 5.82 Å². The number of carbonyl (C=O) groups excluding carboxylic acids is 1. The molecule has 2 aromatic heterocycles. The molecule has 0 saturated carbocycles. The molecule has 0 aromatic carbocycles. The summed E-state index contributed by atoms with van der Waals surface area (Å²) >= 11 is 3.28. The van der Waals surface area contributed by atoms with Crippen molar-refractivity contribution in [2.45, 2.75) is 33.1 Å². The number of nitrogens with zero attached hydrogens (tertiary/aromatic N) is 3. The highest BCUT2D eigenvalue weighted by Crippen LogP contribution is 2.18. The van der Waals surface area contributed by atoms with Gasteiger partial charge in [-0.25, -0.2) is 9.97 Å². The number of aryl methyl sites for hydroxylation is 1. The van der Waals surface area contributed by atoms with Crippen LogP contribution in [-0.2, 0) is 6.42 Å². The van der Waals surface area contributed by atoms with Crippen molar-refractivity contribution in [2.75, 3.05) is 5.32 Å². The van der Waals surface area contributed by atoms with Crippen LogP contribution in [0.4, 0.5) is 5.82 Å². The number of carbonyl (C=O) groups is 1. The lowest BCUT2D eigenvalue weighted by Gasteiger charge is -2.07. The smallest absolute Gasteiger partial charge is 0.276 e. The van der Waals surface area contributed by atoms with E-state index in [9.17, 15) is 4.79 Å². The third-order valence-corrected chi connectivity index (χ3v) is 3.22. The van der Waals surface area contributed by atoms with Crippen molar-refractivity contribution in [2.24, 2.45) is 0 Å². The molecule has 0 unspecified atom stereocenters. The van der Waals surface area contributed by atoms with Gasteiger partial charge in [0.2, 0.25) is 0 Å². The van der Waals surface area contributed by atoms with E-state index in [0.717, 1.165) is 6.42 Å². The maximum absolute atomic E-state index is 12.2. The van der Waals surface area contributed by atoms with Gasteiger partial charge in [-0.1, -0.05) is 25.9 Å². The average Bonchev–Trinajstić information content (AvgIpc) is 2.86. The summed E-state index contributed by atoms with van der Waals surface area (Å²) in [4.78, 5) is 20.6. The van der Waals surface area contributed by atoms with Gasteiger partial charge in [0, 0.05) is 24.6 Å². The van der Waals surface area contributed by atoms with E-state index in [1.165, 1.54) is 0 Å². The SMILES string of the molecule is CCc1cc(NC(=O)c2nc(C(C)C)ncc2Br)no1. The summed E-state index contributed by atoms with van der Waals surface area (Å²) in [6.07, 6.45) is 2.30. The zero-order valence-electron chi connectivity index (χ0n) is 11.5. The second-order valence-electron chi connectivity index (χ2n) is 4.57. The molecule has 0 atom stereocenters. The molecule has 0 bridgehead atoms. The summed E-state index contributed by atoms with van der Waals surface area (Å²) in [5.74, 6) is 1.51. The highest BCUT2D eigenvalue weighted by molar-refractivity contribution is 9.10. The Morgan fingerprint density at radius 3 is 2.85 bits per heavy atom. The van der Waals surface area contributed by atoms with E-state index >= 15 is 0 Å². The summed E-state index contributed by atoms with van der Waals surface area (Å²) in [7, 11) is 0. The lowest BCUT2D eigenvalue weighted by atomic mass is 10.2. The molecule has 0 aliphatic rings. The molecule has 2 heterocycles. The van der Waals surface area contributed by atoms with E-state index in [2.05, 4.69) is 36.4 Å². The zero-order valence-corrected chi connectivity index (χ0v) is 13.1. The molecule has 1 amide bonds. The highest BCUT2D eigenvalue weighted by Gasteiger charge is 2.16. The Morgan fingerprint density at radius 2 is 2.25 bits per heavy atom. The number of hydrogen-bond acceptors (Lipinski definition) is 5. The van der Waals surface area contributed by atoms with Crippen LogP contribution in [0.2, 0.25) is 0 Å². The Labute approximate surface area is 125 Å². The van der Waals surface area contributed by atoms with Crippen molar-refractivity contribution in [1.82, 2.24) is 15.1 Å². The summed E-state index contributed by atoms with van der Waals surface area (Å²) in [6, 6.07) is 1.69. The van der Waals surface area contributed by atoms with E-state index in [4.69, 9.17) is 4.52 Å². The van der Waals surface area contributed by atoms with Crippen molar-refractivity contribution in [1.29, 1.82) is 0 Å². The Kier molecular flexibility index (Phi) is 4.49. The second-order valence-corrected chi connectivity index (χ2v) is 5.42. The van der Waals surface area contributed by atoms with E-state index in [1.807, 2.05) is 20.8 Å². The van der Waals surface area contributed by atoms with Crippen molar-refractivity contribution < 1.29 is 9.32 Å². The first-order valence-electron chi connectivity index (χ1n) is 6.30. The fourth-order valence-electron chi connectivity index (χ4n) is 1.53. The Hall–Kier alpha value is -1.76. The minimum absolute atomic E-state index is 0.147. The Bertz CT molecular complexity index is 625. The number of amides is 1. The van der Waals surface area contributed by atoms with Gasteiger partial charge in [0.1, 0.15) is 17.3 Å². The van der Waals surface area contributed by atoms with Gasteiger partial charge >= 0.3 is 0 Å². The van der Waals surface area contributed by atoms with Crippen molar-refractivity contribution in [3.8, 4) is 0 Å². The van der Waals surface area contributed by atoms with Crippen LogP contribution in [0.5, 0.6) is 0 Å². The Balaban J connectivity index is 2.22. The quantitative estimate of drug-likeness (QED) is 0.925. The maximum Gasteiger partial charge on any atom is 0.276 e. The summed E-state index contributed by atoms with van der Waals surface area (Å²) in [6.45, 7) is 5.88. The van der Waals surface area contributed by atoms with Gasteiger partial charge in [-0.15, -0.1) is 0 Å². The van der Waals surface area contributed by atoms with Crippen molar-refractivity contribution >= 4 is 27.7 Å². The van der Waals surface area contributed by atoms with Crippen LogP contribution < -0.4 is 5.32 Å². The van der Waals surface area contributed by atoms with E-state index in [-0.39, 0.29) is 17.5 Å². The predicted molar refractivity (Wildman–Crippen MR) is 77.7 cm³/mol.